The summed E-state index contributed by atoms with van der Waals surface area (Å²) < 4.78 is 29.4. The Kier molecular flexibility index (Phi) is 3.57. The molecule has 0 spiro atoms. The van der Waals surface area contributed by atoms with Crippen molar-refractivity contribution < 1.29 is 18.8 Å². The number of aromatic nitrogens is 2. The molecule has 1 amide bonds. The van der Waals surface area contributed by atoms with Gasteiger partial charge in [0.2, 0.25) is 5.67 Å². The SMILES string of the molecule is Cc1c(F)cccc1C1C(c2cnnc(C3CC3)c2)C1(F)C(=O)NO. The van der Waals surface area contributed by atoms with Crippen molar-refractivity contribution in [1.29, 1.82) is 0 Å². The van der Waals surface area contributed by atoms with Gasteiger partial charge in [-0.25, -0.2) is 14.3 Å². The fourth-order valence-corrected chi connectivity index (χ4v) is 3.68. The Balaban J connectivity index is 1.78. The zero-order valence-corrected chi connectivity index (χ0v) is 13.5. The maximum atomic E-state index is 15.5. The van der Waals surface area contributed by atoms with Crippen molar-refractivity contribution in [2.24, 2.45) is 0 Å². The van der Waals surface area contributed by atoms with Crippen molar-refractivity contribution in [2.45, 2.75) is 43.2 Å². The van der Waals surface area contributed by atoms with E-state index in [0.717, 1.165) is 18.5 Å². The van der Waals surface area contributed by atoms with E-state index in [1.54, 1.807) is 19.1 Å². The number of rotatable bonds is 4. The number of carbonyl (C=O) groups excluding carboxylic acids is 1. The predicted molar refractivity (Wildman–Crippen MR) is 84.4 cm³/mol. The van der Waals surface area contributed by atoms with Gasteiger partial charge in [0.1, 0.15) is 5.82 Å². The van der Waals surface area contributed by atoms with Crippen LogP contribution in [0.1, 0.15) is 53.0 Å². The standard InChI is InChI=1S/C18H17F2N3O2/c1-9-12(3-2-4-13(9)19)16-15(18(16,20)17(24)23-25)11-7-14(10-5-6-10)22-21-8-11/h2-4,7-8,10,15-16,25H,5-6H2,1H3,(H,23,24). The predicted octanol–water partition coefficient (Wildman–Crippen LogP) is 2.90. The van der Waals surface area contributed by atoms with E-state index in [2.05, 4.69) is 10.2 Å². The van der Waals surface area contributed by atoms with E-state index >= 15 is 4.39 Å². The molecule has 0 aliphatic heterocycles. The van der Waals surface area contributed by atoms with E-state index in [9.17, 15) is 9.18 Å². The molecule has 2 aliphatic carbocycles. The molecule has 3 unspecified atom stereocenters. The summed E-state index contributed by atoms with van der Waals surface area (Å²) in [6.45, 7) is 1.55. The topological polar surface area (TPSA) is 75.1 Å². The molecule has 1 heterocycles. The van der Waals surface area contributed by atoms with Crippen LogP contribution in [0.25, 0.3) is 0 Å². The van der Waals surface area contributed by atoms with Gasteiger partial charge in [-0.05, 0) is 48.6 Å². The Bertz CT molecular complexity index is 856. The first-order valence-corrected chi connectivity index (χ1v) is 8.19. The fourth-order valence-electron chi connectivity index (χ4n) is 3.68. The lowest BCUT2D eigenvalue weighted by atomic mass is 10.00. The molecule has 1 aromatic heterocycles. The number of hydrogen-bond acceptors (Lipinski definition) is 4. The quantitative estimate of drug-likeness (QED) is 0.660. The Morgan fingerprint density at radius 1 is 1.36 bits per heavy atom. The maximum absolute atomic E-state index is 15.5. The lowest BCUT2D eigenvalue weighted by molar-refractivity contribution is -0.136. The Hall–Kier alpha value is -2.41. The third kappa shape index (κ3) is 2.41. The monoisotopic (exact) mass is 345 g/mol. The molecule has 0 bridgehead atoms. The number of halogens is 2. The summed E-state index contributed by atoms with van der Waals surface area (Å²) in [6.07, 6.45) is 3.48. The summed E-state index contributed by atoms with van der Waals surface area (Å²) in [7, 11) is 0. The highest BCUT2D eigenvalue weighted by Gasteiger charge is 2.73. The largest absolute Gasteiger partial charge is 0.289 e. The van der Waals surface area contributed by atoms with Crippen LogP contribution in [-0.4, -0.2) is 27.0 Å². The van der Waals surface area contributed by atoms with Crippen LogP contribution in [0.3, 0.4) is 0 Å². The van der Waals surface area contributed by atoms with Crippen LogP contribution in [0.4, 0.5) is 8.78 Å². The molecule has 5 nitrogen and oxygen atoms in total. The van der Waals surface area contributed by atoms with Gasteiger partial charge in [-0.3, -0.25) is 10.0 Å². The van der Waals surface area contributed by atoms with Gasteiger partial charge in [0.15, 0.2) is 0 Å². The van der Waals surface area contributed by atoms with Gasteiger partial charge in [0.25, 0.3) is 5.91 Å². The van der Waals surface area contributed by atoms with Crippen molar-refractivity contribution in [2.75, 3.05) is 0 Å². The van der Waals surface area contributed by atoms with Gasteiger partial charge in [0, 0.05) is 17.8 Å². The summed E-state index contributed by atoms with van der Waals surface area (Å²) in [4.78, 5) is 12.0. The molecular formula is C18H17F2N3O2. The number of nitrogens with one attached hydrogen (secondary N) is 1. The van der Waals surface area contributed by atoms with Gasteiger partial charge in [-0.2, -0.15) is 10.2 Å². The van der Waals surface area contributed by atoms with E-state index in [4.69, 9.17) is 5.21 Å². The minimum Gasteiger partial charge on any atom is -0.289 e. The number of carbonyl (C=O) groups is 1. The van der Waals surface area contributed by atoms with Crippen molar-refractivity contribution in [3.05, 3.63) is 58.7 Å². The second-order valence-electron chi connectivity index (χ2n) is 6.81. The second-order valence-corrected chi connectivity index (χ2v) is 6.81. The fraction of sp³-hybridized carbons (Fsp3) is 0.389. The molecule has 2 aliphatic rings. The summed E-state index contributed by atoms with van der Waals surface area (Å²) in [5.41, 5.74) is 1.09. The smallest absolute Gasteiger partial charge is 0.282 e. The molecule has 3 atom stereocenters. The van der Waals surface area contributed by atoms with Gasteiger partial charge >= 0.3 is 0 Å². The van der Waals surface area contributed by atoms with Crippen LogP contribution in [0.5, 0.6) is 0 Å². The van der Waals surface area contributed by atoms with E-state index in [1.165, 1.54) is 23.8 Å². The average molecular weight is 345 g/mol. The Morgan fingerprint density at radius 2 is 2.12 bits per heavy atom. The maximum Gasteiger partial charge on any atom is 0.282 e. The van der Waals surface area contributed by atoms with Crippen LogP contribution in [0.2, 0.25) is 0 Å². The number of benzene rings is 1. The van der Waals surface area contributed by atoms with E-state index in [1.807, 2.05) is 0 Å². The van der Waals surface area contributed by atoms with Gasteiger partial charge < -0.3 is 0 Å². The third-order valence-electron chi connectivity index (χ3n) is 5.27. The molecular weight excluding hydrogens is 328 g/mol. The van der Waals surface area contributed by atoms with Gasteiger partial charge in [-0.1, -0.05) is 12.1 Å². The normalized spacial score (nSPS) is 27.8. The summed E-state index contributed by atoms with van der Waals surface area (Å²) in [5, 5.41) is 17.0. The molecule has 4 rings (SSSR count). The number of nitrogens with zero attached hydrogens (tertiary/aromatic N) is 2. The Morgan fingerprint density at radius 3 is 2.80 bits per heavy atom. The first-order valence-electron chi connectivity index (χ1n) is 8.19. The number of hydrogen-bond donors (Lipinski definition) is 2. The van der Waals surface area contributed by atoms with Crippen LogP contribution < -0.4 is 5.48 Å². The molecule has 7 heteroatoms. The van der Waals surface area contributed by atoms with E-state index in [-0.39, 0.29) is 0 Å². The number of hydroxylamine groups is 1. The number of amides is 1. The molecule has 0 saturated heterocycles. The molecule has 2 saturated carbocycles. The van der Waals surface area contributed by atoms with Crippen LogP contribution >= 0.6 is 0 Å². The van der Waals surface area contributed by atoms with E-state index in [0.29, 0.717) is 22.6 Å². The molecule has 2 aromatic rings. The van der Waals surface area contributed by atoms with Crippen molar-refractivity contribution in [1.82, 2.24) is 15.7 Å². The van der Waals surface area contributed by atoms with Crippen LogP contribution in [0, 0.1) is 12.7 Å². The summed E-state index contributed by atoms with van der Waals surface area (Å²) >= 11 is 0. The lowest BCUT2D eigenvalue weighted by Gasteiger charge is -2.08. The molecule has 2 N–H and O–H groups in total. The molecule has 25 heavy (non-hydrogen) atoms. The average Bonchev–Trinajstić information content (AvgIpc) is 3.53. The third-order valence-corrected chi connectivity index (χ3v) is 5.27. The zero-order valence-electron chi connectivity index (χ0n) is 13.5. The second kappa shape index (κ2) is 5.56. The number of alkyl halides is 1. The Labute approximate surface area is 143 Å². The lowest BCUT2D eigenvalue weighted by Crippen LogP contribution is -2.33. The van der Waals surface area contributed by atoms with Crippen molar-refractivity contribution in [3.63, 3.8) is 0 Å². The summed E-state index contributed by atoms with van der Waals surface area (Å²) in [5.74, 6) is -2.97. The van der Waals surface area contributed by atoms with Gasteiger partial charge in [-0.15, -0.1) is 0 Å². The minimum absolute atomic E-state index is 0.298. The first-order chi connectivity index (χ1) is 12.0. The van der Waals surface area contributed by atoms with E-state index < -0.39 is 29.2 Å². The zero-order chi connectivity index (χ0) is 17.8. The van der Waals surface area contributed by atoms with Gasteiger partial charge in [0.05, 0.1) is 11.9 Å². The first kappa shape index (κ1) is 16.1. The highest BCUT2D eigenvalue weighted by Crippen LogP contribution is 2.66. The highest BCUT2D eigenvalue weighted by molar-refractivity contribution is 5.92. The van der Waals surface area contributed by atoms with Crippen molar-refractivity contribution >= 4 is 5.91 Å². The summed E-state index contributed by atoms with van der Waals surface area (Å²) in [6, 6.07) is 6.16. The van der Waals surface area contributed by atoms with Crippen molar-refractivity contribution in [3.8, 4) is 0 Å². The molecule has 0 radical (unpaired) electrons. The van der Waals surface area contributed by atoms with Crippen LogP contribution in [0.15, 0.2) is 30.5 Å². The molecule has 130 valence electrons. The molecule has 1 aromatic carbocycles. The molecule has 2 fully saturated rings. The van der Waals surface area contributed by atoms with Crippen LogP contribution in [-0.2, 0) is 4.79 Å². The minimum atomic E-state index is -2.35. The highest BCUT2D eigenvalue weighted by atomic mass is 19.1.